The molecule has 1 amide bonds. The minimum atomic E-state index is -0.377. The Balaban J connectivity index is 1.50. The summed E-state index contributed by atoms with van der Waals surface area (Å²) in [6.45, 7) is 4.53. The SMILES string of the molecule is CN1C[C@@H](CC(=O)N2CCN(c3ccnnc3)CC2)[C@H](O)C1. The number of aromatic nitrogens is 2. The zero-order valence-electron chi connectivity index (χ0n) is 12.9. The standard InChI is InChI=1S/C15H23N5O2/c1-18-10-12(14(21)11-18)8-15(22)20-6-4-19(5-7-20)13-2-3-16-17-9-13/h2-3,9,12,14,21H,4-8,10-11H2,1H3/t12-,14-/m1/s1. The van der Waals surface area contributed by atoms with E-state index < -0.39 is 0 Å². The molecule has 2 fully saturated rings. The van der Waals surface area contributed by atoms with Crippen molar-refractivity contribution >= 4 is 11.6 Å². The number of anilines is 1. The van der Waals surface area contributed by atoms with Crippen LogP contribution in [0.2, 0.25) is 0 Å². The molecule has 2 aliphatic rings. The monoisotopic (exact) mass is 305 g/mol. The number of carbonyl (C=O) groups is 1. The summed E-state index contributed by atoms with van der Waals surface area (Å²) in [5.74, 6) is 0.229. The van der Waals surface area contributed by atoms with Gasteiger partial charge in [0, 0.05) is 51.6 Å². The van der Waals surface area contributed by atoms with E-state index in [4.69, 9.17) is 0 Å². The summed E-state index contributed by atoms with van der Waals surface area (Å²) in [5.41, 5.74) is 1.05. The molecule has 0 saturated carbocycles. The predicted octanol–water partition coefficient (Wildman–Crippen LogP) is -0.562. The summed E-state index contributed by atoms with van der Waals surface area (Å²) in [6.07, 6.45) is 3.51. The van der Waals surface area contributed by atoms with Crippen molar-refractivity contribution < 1.29 is 9.90 Å². The van der Waals surface area contributed by atoms with Crippen LogP contribution in [0.3, 0.4) is 0 Å². The highest BCUT2D eigenvalue weighted by atomic mass is 16.3. The van der Waals surface area contributed by atoms with Crippen LogP contribution < -0.4 is 4.90 Å². The van der Waals surface area contributed by atoms with Gasteiger partial charge in [-0.3, -0.25) is 4.79 Å². The molecule has 7 heteroatoms. The van der Waals surface area contributed by atoms with Crippen molar-refractivity contribution in [1.29, 1.82) is 0 Å². The number of aliphatic hydroxyl groups is 1. The van der Waals surface area contributed by atoms with Crippen molar-refractivity contribution in [3.8, 4) is 0 Å². The number of carbonyl (C=O) groups excluding carboxylic acids is 1. The van der Waals surface area contributed by atoms with Gasteiger partial charge in [0.2, 0.25) is 5.91 Å². The first-order valence-corrected chi connectivity index (χ1v) is 7.79. The lowest BCUT2D eigenvalue weighted by Crippen LogP contribution is -2.49. The third-order valence-corrected chi connectivity index (χ3v) is 4.59. The third-order valence-electron chi connectivity index (χ3n) is 4.59. The fourth-order valence-corrected chi connectivity index (χ4v) is 3.30. The van der Waals surface area contributed by atoms with E-state index in [9.17, 15) is 9.90 Å². The van der Waals surface area contributed by atoms with Gasteiger partial charge in [0.25, 0.3) is 0 Å². The fourth-order valence-electron chi connectivity index (χ4n) is 3.30. The van der Waals surface area contributed by atoms with E-state index >= 15 is 0 Å². The third kappa shape index (κ3) is 3.36. The molecule has 1 N–H and O–H groups in total. The number of piperazine rings is 1. The minimum Gasteiger partial charge on any atom is -0.391 e. The summed E-state index contributed by atoms with van der Waals surface area (Å²) < 4.78 is 0. The van der Waals surface area contributed by atoms with Crippen LogP contribution in [0.25, 0.3) is 0 Å². The number of aliphatic hydroxyl groups excluding tert-OH is 1. The van der Waals surface area contributed by atoms with Crippen LogP contribution in [0.15, 0.2) is 18.5 Å². The number of rotatable bonds is 3. The molecule has 3 rings (SSSR count). The van der Waals surface area contributed by atoms with Gasteiger partial charge in [0.05, 0.1) is 24.2 Å². The molecule has 3 heterocycles. The summed E-state index contributed by atoms with van der Waals surface area (Å²) in [6, 6.07) is 1.94. The predicted molar refractivity (Wildman–Crippen MR) is 82.4 cm³/mol. The first kappa shape index (κ1) is 15.2. The van der Waals surface area contributed by atoms with E-state index in [-0.39, 0.29) is 17.9 Å². The smallest absolute Gasteiger partial charge is 0.223 e. The van der Waals surface area contributed by atoms with E-state index in [1.165, 1.54) is 0 Å². The molecular weight excluding hydrogens is 282 g/mol. The molecule has 2 aliphatic heterocycles. The average Bonchev–Trinajstić information content (AvgIpc) is 2.86. The molecule has 2 atom stereocenters. The highest BCUT2D eigenvalue weighted by Gasteiger charge is 2.32. The van der Waals surface area contributed by atoms with E-state index in [2.05, 4.69) is 20.0 Å². The molecule has 0 spiro atoms. The topological polar surface area (TPSA) is 72.8 Å². The Kier molecular flexibility index (Phi) is 4.54. The minimum absolute atomic E-state index is 0.0694. The number of hydrogen-bond donors (Lipinski definition) is 1. The Hall–Kier alpha value is -1.73. The van der Waals surface area contributed by atoms with Crippen molar-refractivity contribution in [1.82, 2.24) is 20.0 Å². The fraction of sp³-hybridized carbons (Fsp3) is 0.667. The Morgan fingerprint density at radius 2 is 2.05 bits per heavy atom. The molecule has 0 aromatic carbocycles. The van der Waals surface area contributed by atoms with Crippen molar-refractivity contribution in [3.05, 3.63) is 18.5 Å². The number of nitrogens with zero attached hydrogens (tertiary/aromatic N) is 5. The molecule has 1 aromatic heterocycles. The van der Waals surface area contributed by atoms with Crippen molar-refractivity contribution in [2.45, 2.75) is 12.5 Å². The summed E-state index contributed by atoms with van der Waals surface area (Å²) in [4.78, 5) is 18.6. The molecule has 0 bridgehead atoms. The maximum absolute atomic E-state index is 12.4. The molecule has 2 saturated heterocycles. The molecule has 120 valence electrons. The molecular formula is C15H23N5O2. The largest absolute Gasteiger partial charge is 0.391 e. The maximum Gasteiger partial charge on any atom is 0.223 e. The van der Waals surface area contributed by atoms with Crippen LogP contribution in [0, 0.1) is 5.92 Å². The highest BCUT2D eigenvalue weighted by molar-refractivity contribution is 5.77. The van der Waals surface area contributed by atoms with E-state index in [0.29, 0.717) is 13.0 Å². The van der Waals surface area contributed by atoms with Gasteiger partial charge in [-0.1, -0.05) is 0 Å². The lowest BCUT2D eigenvalue weighted by atomic mass is 10.0. The van der Waals surface area contributed by atoms with Gasteiger partial charge in [-0.25, -0.2) is 0 Å². The average molecular weight is 305 g/mol. The molecule has 1 aromatic rings. The highest BCUT2D eigenvalue weighted by Crippen LogP contribution is 2.21. The number of β-amino-alcohol motifs (C(OH)–C–C–N with tert-alkyl or cyclic N) is 1. The van der Waals surface area contributed by atoms with Crippen LogP contribution in [0.4, 0.5) is 5.69 Å². The first-order valence-electron chi connectivity index (χ1n) is 7.79. The van der Waals surface area contributed by atoms with Crippen LogP contribution in [0.1, 0.15) is 6.42 Å². The van der Waals surface area contributed by atoms with Crippen LogP contribution in [-0.4, -0.2) is 83.4 Å². The Bertz CT molecular complexity index is 504. The molecule has 0 radical (unpaired) electrons. The maximum atomic E-state index is 12.4. The summed E-state index contributed by atoms with van der Waals surface area (Å²) in [7, 11) is 1.98. The number of likely N-dealkylation sites (N-methyl/N-ethyl adjacent to an activating group) is 1. The van der Waals surface area contributed by atoms with Gasteiger partial charge in [-0.05, 0) is 13.1 Å². The van der Waals surface area contributed by atoms with Crippen LogP contribution in [0.5, 0.6) is 0 Å². The lowest BCUT2D eigenvalue weighted by Gasteiger charge is -2.36. The van der Waals surface area contributed by atoms with Gasteiger partial charge in [0.1, 0.15) is 0 Å². The molecule has 7 nitrogen and oxygen atoms in total. The molecule has 0 unspecified atom stereocenters. The zero-order chi connectivity index (χ0) is 15.5. The lowest BCUT2D eigenvalue weighted by molar-refractivity contribution is -0.133. The van der Waals surface area contributed by atoms with Gasteiger partial charge in [-0.15, -0.1) is 0 Å². The normalized spacial score (nSPS) is 26.5. The first-order chi connectivity index (χ1) is 10.6. The second-order valence-corrected chi connectivity index (χ2v) is 6.22. The summed E-state index contributed by atoms with van der Waals surface area (Å²) >= 11 is 0. The Morgan fingerprint density at radius 3 is 2.64 bits per heavy atom. The Morgan fingerprint density at radius 1 is 1.27 bits per heavy atom. The van der Waals surface area contributed by atoms with E-state index in [0.717, 1.165) is 38.4 Å². The Labute approximate surface area is 130 Å². The molecule has 22 heavy (non-hydrogen) atoms. The number of amides is 1. The second-order valence-electron chi connectivity index (χ2n) is 6.22. The van der Waals surface area contributed by atoms with Gasteiger partial charge in [-0.2, -0.15) is 10.2 Å². The number of likely N-dealkylation sites (tertiary alicyclic amines) is 1. The van der Waals surface area contributed by atoms with Crippen molar-refractivity contribution in [3.63, 3.8) is 0 Å². The zero-order valence-corrected chi connectivity index (χ0v) is 12.9. The van der Waals surface area contributed by atoms with E-state index in [1.807, 2.05) is 18.0 Å². The molecule has 0 aliphatic carbocycles. The van der Waals surface area contributed by atoms with Gasteiger partial charge < -0.3 is 19.8 Å². The van der Waals surface area contributed by atoms with Gasteiger partial charge in [0.15, 0.2) is 0 Å². The summed E-state index contributed by atoms with van der Waals surface area (Å²) in [5, 5.41) is 17.6. The van der Waals surface area contributed by atoms with Crippen LogP contribution in [-0.2, 0) is 4.79 Å². The quantitative estimate of drug-likeness (QED) is 0.807. The number of hydrogen-bond acceptors (Lipinski definition) is 6. The van der Waals surface area contributed by atoms with Gasteiger partial charge >= 0.3 is 0 Å². The van der Waals surface area contributed by atoms with Crippen molar-refractivity contribution in [2.75, 3.05) is 51.2 Å². The van der Waals surface area contributed by atoms with Crippen LogP contribution >= 0.6 is 0 Å². The van der Waals surface area contributed by atoms with Crippen molar-refractivity contribution in [2.24, 2.45) is 5.92 Å². The van der Waals surface area contributed by atoms with E-state index in [1.54, 1.807) is 12.4 Å². The second kappa shape index (κ2) is 6.58.